The lowest BCUT2D eigenvalue weighted by molar-refractivity contribution is -0.121. The van der Waals surface area contributed by atoms with Gasteiger partial charge < -0.3 is 9.88 Å². The molecule has 2 aromatic carbocycles. The number of nitrogens with zero attached hydrogens (tertiary/aromatic N) is 3. The molecule has 0 saturated heterocycles. The largest absolute Gasteiger partial charge is 0.356 e. The number of imidazole rings is 1. The third-order valence-corrected chi connectivity index (χ3v) is 5.44. The van der Waals surface area contributed by atoms with Crippen LogP contribution in [0.4, 0.5) is 0 Å². The van der Waals surface area contributed by atoms with Crippen LogP contribution in [-0.4, -0.2) is 27.0 Å². The topological polar surface area (TPSA) is 59.8 Å². The zero-order valence-electron chi connectivity index (χ0n) is 18.1. The fourth-order valence-electron chi connectivity index (χ4n) is 3.77. The Balaban J connectivity index is 1.40. The number of hydrogen-bond donors (Lipinski definition) is 1. The van der Waals surface area contributed by atoms with Gasteiger partial charge in [0.1, 0.15) is 11.3 Å². The molecule has 0 bridgehead atoms. The number of amides is 1. The van der Waals surface area contributed by atoms with Gasteiger partial charge in [0.05, 0.1) is 6.54 Å². The molecule has 1 amide bonds. The van der Waals surface area contributed by atoms with E-state index in [0.29, 0.717) is 25.9 Å². The van der Waals surface area contributed by atoms with E-state index in [1.807, 2.05) is 12.1 Å². The fraction of sp³-hybridized carbons (Fsp3) is 0.269. The lowest BCUT2D eigenvalue weighted by Crippen LogP contribution is -2.26. The number of nitrogens with one attached hydrogen (secondary N) is 1. The van der Waals surface area contributed by atoms with E-state index < -0.39 is 0 Å². The Kier molecular flexibility index (Phi) is 6.41. The monoisotopic (exact) mass is 412 g/mol. The summed E-state index contributed by atoms with van der Waals surface area (Å²) in [6.45, 7) is 5.50. The second kappa shape index (κ2) is 9.56. The van der Waals surface area contributed by atoms with E-state index in [0.717, 1.165) is 23.4 Å². The van der Waals surface area contributed by atoms with Crippen molar-refractivity contribution in [3.8, 4) is 0 Å². The Morgan fingerprint density at radius 1 is 0.935 bits per heavy atom. The van der Waals surface area contributed by atoms with E-state index in [1.54, 1.807) is 6.20 Å². The molecule has 0 aliphatic heterocycles. The molecule has 5 heteroatoms. The Morgan fingerprint density at radius 2 is 1.77 bits per heavy atom. The molecule has 0 radical (unpaired) electrons. The number of pyridine rings is 1. The molecular formula is C26H28N4O. The number of aryl methyl sites for hydroxylation is 3. The summed E-state index contributed by atoms with van der Waals surface area (Å²) >= 11 is 0. The molecule has 5 nitrogen and oxygen atoms in total. The van der Waals surface area contributed by atoms with Gasteiger partial charge in [-0.15, -0.1) is 0 Å². The number of aromatic nitrogens is 3. The van der Waals surface area contributed by atoms with Crippen molar-refractivity contribution in [2.45, 2.75) is 39.7 Å². The van der Waals surface area contributed by atoms with Crippen LogP contribution in [0.1, 0.15) is 34.5 Å². The second-order valence-corrected chi connectivity index (χ2v) is 8.03. The van der Waals surface area contributed by atoms with Crippen molar-refractivity contribution in [2.75, 3.05) is 6.54 Å². The highest BCUT2D eigenvalue weighted by atomic mass is 16.1. The van der Waals surface area contributed by atoms with Gasteiger partial charge in [0, 0.05) is 25.6 Å². The zero-order valence-corrected chi connectivity index (χ0v) is 18.1. The van der Waals surface area contributed by atoms with Crippen molar-refractivity contribution in [2.24, 2.45) is 0 Å². The summed E-state index contributed by atoms with van der Waals surface area (Å²) in [6.07, 6.45) is 3.62. The Labute approximate surface area is 183 Å². The lowest BCUT2D eigenvalue weighted by atomic mass is 10.1. The summed E-state index contributed by atoms with van der Waals surface area (Å²) in [5, 5.41) is 3.04. The first-order chi connectivity index (χ1) is 15.1. The van der Waals surface area contributed by atoms with Gasteiger partial charge in [-0.3, -0.25) is 4.79 Å². The Bertz CT molecular complexity index is 1180. The molecule has 2 aromatic heterocycles. The van der Waals surface area contributed by atoms with E-state index in [4.69, 9.17) is 4.98 Å². The molecule has 2 heterocycles. The predicted molar refractivity (Wildman–Crippen MR) is 124 cm³/mol. The van der Waals surface area contributed by atoms with Crippen molar-refractivity contribution < 1.29 is 4.79 Å². The van der Waals surface area contributed by atoms with E-state index >= 15 is 0 Å². The first kappa shape index (κ1) is 20.8. The van der Waals surface area contributed by atoms with Crippen LogP contribution in [0, 0.1) is 13.8 Å². The van der Waals surface area contributed by atoms with Crippen LogP contribution in [0.15, 0.2) is 66.9 Å². The smallest absolute Gasteiger partial charge is 0.220 e. The number of carbonyl (C=O) groups excluding carboxylic acids is 1. The number of benzene rings is 2. The van der Waals surface area contributed by atoms with Gasteiger partial charge in [0.25, 0.3) is 0 Å². The average molecular weight is 413 g/mol. The minimum Gasteiger partial charge on any atom is -0.356 e. The van der Waals surface area contributed by atoms with Gasteiger partial charge >= 0.3 is 0 Å². The molecule has 0 aliphatic rings. The summed E-state index contributed by atoms with van der Waals surface area (Å²) < 4.78 is 2.13. The fourth-order valence-corrected chi connectivity index (χ4v) is 3.77. The summed E-state index contributed by atoms with van der Waals surface area (Å²) in [4.78, 5) is 21.7. The van der Waals surface area contributed by atoms with Crippen molar-refractivity contribution >= 4 is 17.1 Å². The summed E-state index contributed by atoms with van der Waals surface area (Å²) in [5.74, 6) is 0.942. The highest BCUT2D eigenvalue weighted by Gasteiger charge is 2.13. The van der Waals surface area contributed by atoms with Gasteiger partial charge in [-0.25, -0.2) is 9.97 Å². The van der Waals surface area contributed by atoms with Crippen LogP contribution < -0.4 is 5.32 Å². The van der Waals surface area contributed by atoms with Gasteiger partial charge in [-0.05, 0) is 43.5 Å². The summed E-state index contributed by atoms with van der Waals surface area (Å²) in [7, 11) is 0. The van der Waals surface area contributed by atoms with Crippen molar-refractivity contribution in [1.82, 2.24) is 19.9 Å². The van der Waals surface area contributed by atoms with Crippen LogP contribution in [0.3, 0.4) is 0 Å². The molecule has 0 aliphatic carbocycles. The zero-order chi connectivity index (χ0) is 21.6. The van der Waals surface area contributed by atoms with Crippen LogP contribution >= 0.6 is 0 Å². The molecule has 0 spiro atoms. The van der Waals surface area contributed by atoms with Gasteiger partial charge in [-0.1, -0.05) is 59.7 Å². The number of carbonyl (C=O) groups is 1. The first-order valence-corrected chi connectivity index (χ1v) is 10.8. The molecule has 31 heavy (non-hydrogen) atoms. The highest BCUT2D eigenvalue weighted by Crippen LogP contribution is 2.17. The van der Waals surface area contributed by atoms with Crippen LogP contribution in [0.5, 0.6) is 0 Å². The molecular weight excluding hydrogens is 384 g/mol. The minimum absolute atomic E-state index is 0.0505. The average Bonchev–Trinajstić information content (AvgIpc) is 3.11. The molecule has 0 unspecified atom stereocenters. The number of rotatable bonds is 8. The molecule has 0 fully saturated rings. The maximum atomic E-state index is 12.4. The minimum atomic E-state index is 0.0505. The standard InChI is InChI=1S/C26H28N4O/c1-19-8-10-22(11-9-19)18-30-24(29-23-7-4-15-28-26(23)30)12-13-25(31)27-16-14-21-6-3-5-20(2)17-21/h3-11,15,17H,12-14,16,18H2,1-2H3,(H,27,31). The van der Waals surface area contributed by atoms with Gasteiger partial charge in [-0.2, -0.15) is 0 Å². The Morgan fingerprint density at radius 3 is 2.58 bits per heavy atom. The number of hydrogen-bond acceptors (Lipinski definition) is 3. The highest BCUT2D eigenvalue weighted by molar-refractivity contribution is 5.76. The molecule has 4 rings (SSSR count). The molecule has 158 valence electrons. The lowest BCUT2D eigenvalue weighted by Gasteiger charge is -2.10. The van der Waals surface area contributed by atoms with Gasteiger partial charge in [0.2, 0.25) is 5.91 Å². The first-order valence-electron chi connectivity index (χ1n) is 10.8. The van der Waals surface area contributed by atoms with Gasteiger partial charge in [0.15, 0.2) is 5.65 Å². The SMILES string of the molecule is Cc1ccc(Cn2c(CCC(=O)NCCc3cccc(C)c3)nc3cccnc32)cc1. The van der Waals surface area contributed by atoms with Crippen molar-refractivity contribution in [3.63, 3.8) is 0 Å². The maximum absolute atomic E-state index is 12.4. The second-order valence-electron chi connectivity index (χ2n) is 8.03. The van der Waals surface area contributed by atoms with Crippen LogP contribution in [0.25, 0.3) is 11.2 Å². The third kappa shape index (κ3) is 5.37. The summed E-state index contributed by atoms with van der Waals surface area (Å²) in [5.41, 5.74) is 6.64. The van der Waals surface area contributed by atoms with Crippen LogP contribution in [-0.2, 0) is 24.2 Å². The Hall–Kier alpha value is -3.47. The third-order valence-electron chi connectivity index (χ3n) is 5.44. The van der Waals surface area contributed by atoms with Crippen molar-refractivity contribution in [1.29, 1.82) is 0 Å². The summed E-state index contributed by atoms with van der Waals surface area (Å²) in [6, 6.07) is 20.8. The van der Waals surface area contributed by atoms with Crippen molar-refractivity contribution in [3.05, 3.63) is 94.9 Å². The van der Waals surface area contributed by atoms with E-state index in [9.17, 15) is 4.79 Å². The molecule has 4 aromatic rings. The molecule has 0 saturated carbocycles. The molecule has 1 N–H and O–H groups in total. The molecule has 0 atom stereocenters. The predicted octanol–water partition coefficient (Wildman–Crippen LogP) is 4.39. The maximum Gasteiger partial charge on any atom is 0.220 e. The van der Waals surface area contributed by atoms with E-state index in [1.165, 1.54) is 22.3 Å². The normalized spacial score (nSPS) is 11.0. The van der Waals surface area contributed by atoms with E-state index in [2.05, 4.69) is 77.2 Å². The van der Waals surface area contributed by atoms with E-state index in [-0.39, 0.29) is 5.91 Å². The number of fused-ring (bicyclic) bond motifs is 1. The quantitative estimate of drug-likeness (QED) is 0.467. The van der Waals surface area contributed by atoms with Crippen LogP contribution in [0.2, 0.25) is 0 Å².